The fourth-order valence-electron chi connectivity index (χ4n) is 1.71. The average molecular weight is 308 g/mol. The van der Waals surface area contributed by atoms with E-state index in [1.165, 1.54) is 0 Å². The molecule has 1 heterocycles. The maximum Gasteiger partial charge on any atom is 0.219 e. The predicted molar refractivity (Wildman–Crippen MR) is 79.1 cm³/mol. The van der Waals surface area contributed by atoms with Gasteiger partial charge < -0.3 is 20.4 Å². The third-order valence-electron chi connectivity index (χ3n) is 2.76. The van der Waals surface area contributed by atoms with Crippen molar-refractivity contribution in [2.75, 3.05) is 7.11 Å². The van der Waals surface area contributed by atoms with Gasteiger partial charge in [-0.2, -0.15) is 0 Å². The van der Waals surface area contributed by atoms with Crippen LogP contribution in [0.3, 0.4) is 0 Å². The number of methoxy groups -OCH3 is 1. The van der Waals surface area contributed by atoms with E-state index >= 15 is 0 Å². The van der Waals surface area contributed by atoms with Gasteiger partial charge in [-0.3, -0.25) is 0 Å². The number of ether oxygens (including phenoxy) is 2. The molecule has 0 aliphatic heterocycles. The highest BCUT2D eigenvalue weighted by Gasteiger charge is 2.08. The van der Waals surface area contributed by atoms with Crippen LogP contribution >= 0.6 is 11.6 Å². The molecular weight excluding hydrogens is 294 g/mol. The van der Waals surface area contributed by atoms with Gasteiger partial charge in [-0.1, -0.05) is 16.8 Å². The Hall–Kier alpha value is -2.47. The van der Waals surface area contributed by atoms with Crippen molar-refractivity contribution < 1.29 is 14.7 Å². The van der Waals surface area contributed by atoms with Gasteiger partial charge in [-0.25, -0.2) is 4.98 Å². The lowest BCUT2D eigenvalue weighted by atomic mass is 10.2. The number of aromatic nitrogens is 1. The molecule has 0 atom stereocenters. The summed E-state index contributed by atoms with van der Waals surface area (Å²) in [5, 5.41) is 11.9. The summed E-state index contributed by atoms with van der Waals surface area (Å²) < 4.78 is 10.8. The number of amidine groups is 1. The Balaban J connectivity index is 2.14. The number of hydrogen-bond donors (Lipinski definition) is 2. The van der Waals surface area contributed by atoms with Gasteiger partial charge in [0.2, 0.25) is 5.88 Å². The molecule has 1 aromatic carbocycles. The second-order valence-electron chi connectivity index (χ2n) is 4.09. The smallest absolute Gasteiger partial charge is 0.219 e. The fraction of sp³-hybridized carbons (Fsp3) is 0.143. The van der Waals surface area contributed by atoms with Crippen LogP contribution < -0.4 is 15.2 Å². The van der Waals surface area contributed by atoms with Crippen LogP contribution in [0.2, 0.25) is 5.02 Å². The first-order chi connectivity index (χ1) is 10.2. The molecule has 0 amide bonds. The van der Waals surface area contributed by atoms with Crippen molar-refractivity contribution in [3.8, 4) is 11.6 Å². The van der Waals surface area contributed by atoms with Crippen molar-refractivity contribution in [3.05, 3.63) is 52.7 Å². The zero-order valence-electron chi connectivity index (χ0n) is 11.3. The van der Waals surface area contributed by atoms with E-state index in [0.29, 0.717) is 22.2 Å². The lowest BCUT2D eigenvalue weighted by Gasteiger charge is -2.11. The number of benzene rings is 1. The maximum atomic E-state index is 8.63. The first kappa shape index (κ1) is 14.9. The van der Waals surface area contributed by atoms with Crippen molar-refractivity contribution >= 4 is 17.4 Å². The number of nitrogens with two attached hydrogens (primary N) is 1. The highest BCUT2D eigenvalue weighted by molar-refractivity contribution is 6.32. The van der Waals surface area contributed by atoms with Crippen molar-refractivity contribution in [1.29, 1.82) is 0 Å². The zero-order chi connectivity index (χ0) is 15.2. The Morgan fingerprint density at radius 1 is 1.43 bits per heavy atom. The van der Waals surface area contributed by atoms with Gasteiger partial charge >= 0.3 is 0 Å². The summed E-state index contributed by atoms with van der Waals surface area (Å²) in [5.41, 5.74) is 6.80. The molecule has 2 aromatic rings. The molecule has 2 rings (SSSR count). The lowest BCUT2D eigenvalue weighted by molar-refractivity contribution is 0.294. The molecular formula is C14H14ClN3O3. The van der Waals surface area contributed by atoms with Crippen LogP contribution in [0.5, 0.6) is 11.6 Å². The number of hydrogen-bond acceptors (Lipinski definition) is 5. The summed E-state index contributed by atoms with van der Waals surface area (Å²) in [7, 11) is 1.55. The Kier molecular flexibility index (Phi) is 4.84. The molecule has 0 aliphatic rings. The van der Waals surface area contributed by atoms with Crippen molar-refractivity contribution in [1.82, 2.24) is 4.98 Å². The molecule has 0 aliphatic carbocycles. The summed E-state index contributed by atoms with van der Waals surface area (Å²) in [6.45, 7) is 0.264. The zero-order valence-corrected chi connectivity index (χ0v) is 12.0. The van der Waals surface area contributed by atoms with Crippen LogP contribution in [0, 0.1) is 0 Å². The molecule has 7 heteroatoms. The van der Waals surface area contributed by atoms with Crippen LogP contribution in [0.4, 0.5) is 0 Å². The molecule has 0 spiro atoms. The van der Waals surface area contributed by atoms with E-state index < -0.39 is 0 Å². The summed E-state index contributed by atoms with van der Waals surface area (Å²) in [6, 6.07) is 8.51. The molecule has 0 saturated heterocycles. The Morgan fingerprint density at radius 3 is 2.90 bits per heavy atom. The normalized spacial score (nSPS) is 11.2. The summed E-state index contributed by atoms with van der Waals surface area (Å²) in [5.74, 6) is 0.969. The number of nitrogens with zero attached hydrogens (tertiary/aromatic N) is 2. The van der Waals surface area contributed by atoms with Gasteiger partial charge in [0.1, 0.15) is 12.4 Å². The van der Waals surface area contributed by atoms with E-state index in [1.54, 1.807) is 37.6 Å². The number of halogens is 1. The number of pyridine rings is 1. The van der Waals surface area contributed by atoms with Crippen molar-refractivity contribution in [3.63, 3.8) is 0 Å². The van der Waals surface area contributed by atoms with E-state index in [4.69, 9.17) is 32.0 Å². The Morgan fingerprint density at radius 2 is 2.24 bits per heavy atom. The monoisotopic (exact) mass is 307 g/mol. The second-order valence-corrected chi connectivity index (χ2v) is 4.50. The van der Waals surface area contributed by atoms with Crippen LogP contribution in [-0.2, 0) is 6.61 Å². The van der Waals surface area contributed by atoms with Crippen molar-refractivity contribution in [2.45, 2.75) is 6.61 Å². The molecule has 110 valence electrons. The molecule has 1 aromatic heterocycles. The minimum absolute atomic E-state index is 0.0163. The molecule has 3 N–H and O–H groups in total. The maximum absolute atomic E-state index is 8.63. The SMILES string of the molecule is COc1ncccc1COc1ccc(/C(N)=N/O)cc1Cl. The average Bonchev–Trinajstić information content (AvgIpc) is 2.53. The van der Waals surface area contributed by atoms with Crippen molar-refractivity contribution in [2.24, 2.45) is 10.9 Å². The van der Waals surface area contributed by atoms with Crippen LogP contribution in [0.25, 0.3) is 0 Å². The molecule has 0 saturated carbocycles. The Labute approximate surface area is 126 Å². The minimum Gasteiger partial charge on any atom is -0.487 e. The highest BCUT2D eigenvalue weighted by atomic mass is 35.5. The van der Waals surface area contributed by atoms with Crippen LogP contribution in [-0.4, -0.2) is 23.1 Å². The van der Waals surface area contributed by atoms with Gasteiger partial charge in [0.25, 0.3) is 0 Å². The predicted octanol–water partition coefficient (Wildman–Crippen LogP) is 2.42. The molecule has 6 nitrogen and oxygen atoms in total. The quantitative estimate of drug-likeness (QED) is 0.383. The molecule has 0 fully saturated rings. The molecule has 0 bridgehead atoms. The number of rotatable bonds is 5. The Bertz CT molecular complexity index is 662. The third kappa shape index (κ3) is 3.55. The summed E-state index contributed by atoms with van der Waals surface area (Å²) in [4.78, 5) is 4.09. The number of oxime groups is 1. The van der Waals surface area contributed by atoms with Gasteiger partial charge in [0, 0.05) is 11.8 Å². The van der Waals surface area contributed by atoms with E-state index in [9.17, 15) is 0 Å². The first-order valence-corrected chi connectivity index (χ1v) is 6.41. The highest BCUT2D eigenvalue weighted by Crippen LogP contribution is 2.27. The molecule has 0 radical (unpaired) electrons. The standard InChI is InChI=1S/C14H14ClN3O3/c1-20-14-10(3-2-6-17-14)8-21-12-5-4-9(7-11(12)15)13(16)18-19/h2-7,19H,8H2,1H3,(H2,16,18). The third-order valence-corrected chi connectivity index (χ3v) is 3.06. The van der Waals surface area contributed by atoms with E-state index in [2.05, 4.69) is 10.1 Å². The van der Waals surface area contributed by atoms with E-state index in [-0.39, 0.29) is 12.4 Å². The summed E-state index contributed by atoms with van der Waals surface area (Å²) in [6.07, 6.45) is 1.64. The lowest BCUT2D eigenvalue weighted by Crippen LogP contribution is -2.12. The fourth-order valence-corrected chi connectivity index (χ4v) is 1.94. The van der Waals surface area contributed by atoms with Crippen LogP contribution in [0.1, 0.15) is 11.1 Å². The second kappa shape index (κ2) is 6.81. The van der Waals surface area contributed by atoms with Crippen LogP contribution in [0.15, 0.2) is 41.7 Å². The molecule has 0 unspecified atom stereocenters. The van der Waals surface area contributed by atoms with E-state index in [0.717, 1.165) is 5.56 Å². The van der Waals surface area contributed by atoms with Gasteiger partial charge in [-0.05, 0) is 30.3 Å². The largest absolute Gasteiger partial charge is 0.487 e. The van der Waals surface area contributed by atoms with Gasteiger partial charge in [-0.15, -0.1) is 0 Å². The summed E-state index contributed by atoms with van der Waals surface area (Å²) >= 11 is 6.11. The van der Waals surface area contributed by atoms with Gasteiger partial charge in [0.05, 0.1) is 17.7 Å². The molecule has 21 heavy (non-hydrogen) atoms. The van der Waals surface area contributed by atoms with Gasteiger partial charge in [0.15, 0.2) is 5.84 Å². The first-order valence-electron chi connectivity index (χ1n) is 6.04. The minimum atomic E-state index is -0.0163. The topological polar surface area (TPSA) is 90.0 Å². The van der Waals surface area contributed by atoms with E-state index in [1.807, 2.05) is 6.07 Å².